The van der Waals surface area contributed by atoms with Gasteiger partial charge in [0.05, 0.1) is 12.2 Å². The van der Waals surface area contributed by atoms with E-state index >= 15 is 0 Å². The molecule has 1 heterocycles. The summed E-state index contributed by atoms with van der Waals surface area (Å²) in [5.41, 5.74) is 2.48. The Hall–Kier alpha value is -1.93. The fourth-order valence-electron chi connectivity index (χ4n) is 1.52. The van der Waals surface area contributed by atoms with Crippen LogP contribution in [0.2, 0.25) is 0 Å². The van der Waals surface area contributed by atoms with E-state index in [1.54, 1.807) is 0 Å². The Morgan fingerprint density at radius 3 is 2.35 bits per heavy atom. The summed E-state index contributed by atoms with van der Waals surface area (Å²) in [5, 5.41) is 0. The maximum absolute atomic E-state index is 13.5. The number of hydrogen-bond donors (Lipinski definition) is 1. The molecule has 0 aliphatic carbocycles. The van der Waals surface area contributed by atoms with Crippen LogP contribution in [0.4, 0.5) is 27.8 Å². The first-order chi connectivity index (χ1) is 9.02. The molecular formula is C11H11F5N2O2. The van der Waals surface area contributed by atoms with Crippen molar-refractivity contribution in [2.24, 2.45) is 0 Å². The molecule has 0 saturated heterocycles. The van der Waals surface area contributed by atoms with Crippen molar-refractivity contribution in [3.05, 3.63) is 22.9 Å². The van der Waals surface area contributed by atoms with E-state index in [4.69, 9.17) is 5.73 Å². The maximum Gasteiger partial charge on any atom is 0.458 e. The number of alkyl halides is 5. The van der Waals surface area contributed by atoms with Gasteiger partial charge in [-0.15, -0.1) is 0 Å². The molecule has 0 aliphatic heterocycles. The molecule has 0 radical (unpaired) electrons. The average Bonchev–Trinajstić information content (AvgIpc) is 2.26. The monoisotopic (exact) mass is 298 g/mol. The van der Waals surface area contributed by atoms with Gasteiger partial charge in [0, 0.05) is 5.69 Å². The zero-order chi connectivity index (χ0) is 15.7. The fraction of sp³-hybridized carbons (Fsp3) is 0.455. The SMILES string of the molecule is CCOC(=O)c1c(C(F)(F)C(F)(F)F)cc(C)nc1N. The number of nitrogens with zero attached hydrogens (tertiary/aromatic N) is 1. The Balaban J connectivity index is 3.57. The zero-order valence-corrected chi connectivity index (χ0v) is 10.5. The molecule has 0 unspecified atom stereocenters. The molecule has 0 spiro atoms. The van der Waals surface area contributed by atoms with Crippen LogP contribution >= 0.6 is 0 Å². The summed E-state index contributed by atoms with van der Waals surface area (Å²) >= 11 is 0. The number of halogens is 5. The normalized spacial score (nSPS) is 12.3. The lowest BCUT2D eigenvalue weighted by Gasteiger charge is -2.22. The van der Waals surface area contributed by atoms with Gasteiger partial charge < -0.3 is 10.5 Å². The van der Waals surface area contributed by atoms with Crippen molar-refractivity contribution in [1.29, 1.82) is 0 Å². The summed E-state index contributed by atoms with van der Waals surface area (Å²) in [6.45, 7) is 2.35. The fourth-order valence-corrected chi connectivity index (χ4v) is 1.52. The number of hydrogen-bond acceptors (Lipinski definition) is 4. The first kappa shape index (κ1) is 16.1. The third-order valence-electron chi connectivity index (χ3n) is 2.35. The quantitative estimate of drug-likeness (QED) is 0.688. The number of ether oxygens (including phenoxy) is 1. The molecule has 0 atom stereocenters. The number of carbonyl (C=O) groups excluding carboxylic acids is 1. The third-order valence-corrected chi connectivity index (χ3v) is 2.35. The van der Waals surface area contributed by atoms with Gasteiger partial charge in [0.15, 0.2) is 0 Å². The van der Waals surface area contributed by atoms with Gasteiger partial charge in [-0.1, -0.05) is 0 Å². The minimum absolute atomic E-state index is 0.172. The molecule has 9 heteroatoms. The lowest BCUT2D eigenvalue weighted by molar-refractivity contribution is -0.289. The number of aromatic nitrogens is 1. The first-order valence-electron chi connectivity index (χ1n) is 5.41. The molecule has 112 valence electrons. The van der Waals surface area contributed by atoms with E-state index in [0.717, 1.165) is 0 Å². The van der Waals surface area contributed by atoms with Gasteiger partial charge in [0.2, 0.25) is 0 Å². The van der Waals surface area contributed by atoms with Crippen LogP contribution in [-0.2, 0) is 10.7 Å². The number of nitrogen functional groups attached to an aromatic ring is 1. The van der Waals surface area contributed by atoms with Crippen LogP contribution in [0.15, 0.2) is 6.07 Å². The van der Waals surface area contributed by atoms with Crippen LogP contribution in [0.25, 0.3) is 0 Å². The van der Waals surface area contributed by atoms with Crippen molar-refractivity contribution in [2.75, 3.05) is 12.3 Å². The highest BCUT2D eigenvalue weighted by atomic mass is 19.4. The Morgan fingerprint density at radius 2 is 1.90 bits per heavy atom. The molecule has 1 aromatic heterocycles. The van der Waals surface area contributed by atoms with Crippen LogP contribution in [0.3, 0.4) is 0 Å². The lowest BCUT2D eigenvalue weighted by Crippen LogP contribution is -2.36. The van der Waals surface area contributed by atoms with Crippen molar-refractivity contribution >= 4 is 11.8 Å². The van der Waals surface area contributed by atoms with Crippen LogP contribution in [0.5, 0.6) is 0 Å². The largest absolute Gasteiger partial charge is 0.462 e. The van der Waals surface area contributed by atoms with Crippen molar-refractivity contribution < 1.29 is 31.5 Å². The van der Waals surface area contributed by atoms with Crippen molar-refractivity contribution in [2.45, 2.75) is 25.9 Å². The molecule has 1 aromatic rings. The predicted octanol–water partition coefficient (Wildman–Crippen LogP) is 2.80. The second-order valence-electron chi connectivity index (χ2n) is 3.86. The number of aryl methyl sites for hydroxylation is 1. The van der Waals surface area contributed by atoms with E-state index in [2.05, 4.69) is 9.72 Å². The Labute approximate surface area is 110 Å². The summed E-state index contributed by atoms with van der Waals surface area (Å²) in [5.74, 6) is -7.35. The summed E-state index contributed by atoms with van der Waals surface area (Å²) in [6, 6.07) is 0.468. The zero-order valence-electron chi connectivity index (χ0n) is 10.5. The lowest BCUT2D eigenvalue weighted by atomic mass is 10.0. The van der Waals surface area contributed by atoms with Gasteiger partial charge in [-0.25, -0.2) is 9.78 Å². The highest BCUT2D eigenvalue weighted by molar-refractivity contribution is 5.96. The highest BCUT2D eigenvalue weighted by Gasteiger charge is 2.60. The van der Waals surface area contributed by atoms with Crippen LogP contribution in [0, 0.1) is 6.92 Å². The third kappa shape index (κ3) is 2.81. The van der Waals surface area contributed by atoms with Crippen molar-refractivity contribution in [3.8, 4) is 0 Å². The molecule has 0 bridgehead atoms. The predicted molar refractivity (Wildman–Crippen MR) is 59.3 cm³/mol. The Bertz CT molecular complexity index is 528. The smallest absolute Gasteiger partial charge is 0.458 e. The van der Waals surface area contributed by atoms with E-state index in [-0.39, 0.29) is 12.3 Å². The number of pyridine rings is 1. The van der Waals surface area contributed by atoms with E-state index in [1.807, 2.05) is 0 Å². The standard InChI is InChI=1S/C11H11F5N2O2/c1-3-20-9(19)7-6(4-5(2)18-8(7)17)10(12,13)11(14,15)16/h4H,3H2,1-2H3,(H2,17,18). The molecule has 4 nitrogen and oxygen atoms in total. The number of anilines is 1. The molecule has 0 aromatic carbocycles. The van der Waals surface area contributed by atoms with Crippen molar-refractivity contribution in [1.82, 2.24) is 4.98 Å². The minimum Gasteiger partial charge on any atom is -0.462 e. The molecule has 0 fully saturated rings. The molecular weight excluding hydrogens is 287 g/mol. The second kappa shape index (κ2) is 5.22. The highest BCUT2D eigenvalue weighted by Crippen LogP contribution is 2.46. The molecule has 0 amide bonds. The maximum atomic E-state index is 13.5. The number of carbonyl (C=O) groups is 1. The van der Waals surface area contributed by atoms with Crippen LogP contribution in [0.1, 0.15) is 28.5 Å². The van der Waals surface area contributed by atoms with Gasteiger partial charge in [-0.05, 0) is 19.9 Å². The topological polar surface area (TPSA) is 65.2 Å². The molecule has 0 saturated carbocycles. The first-order valence-corrected chi connectivity index (χ1v) is 5.41. The minimum atomic E-state index is -5.87. The van der Waals surface area contributed by atoms with E-state index in [9.17, 15) is 26.7 Å². The Kier molecular flexibility index (Phi) is 4.21. The average molecular weight is 298 g/mol. The van der Waals surface area contributed by atoms with Gasteiger partial charge >= 0.3 is 18.1 Å². The molecule has 0 aliphatic rings. The summed E-state index contributed by atoms with van der Waals surface area (Å²) in [6.07, 6.45) is -5.87. The molecule has 1 rings (SSSR count). The summed E-state index contributed by atoms with van der Waals surface area (Å²) in [7, 11) is 0. The van der Waals surface area contributed by atoms with Crippen molar-refractivity contribution in [3.63, 3.8) is 0 Å². The van der Waals surface area contributed by atoms with Crippen LogP contribution < -0.4 is 5.73 Å². The van der Waals surface area contributed by atoms with E-state index in [0.29, 0.717) is 6.07 Å². The van der Waals surface area contributed by atoms with E-state index in [1.165, 1.54) is 13.8 Å². The summed E-state index contributed by atoms with van der Waals surface area (Å²) < 4.78 is 68.7. The summed E-state index contributed by atoms with van der Waals surface area (Å²) in [4.78, 5) is 15.0. The number of esters is 1. The van der Waals surface area contributed by atoms with Crippen LogP contribution in [-0.4, -0.2) is 23.7 Å². The number of rotatable bonds is 3. The van der Waals surface area contributed by atoms with Gasteiger partial charge in [0.25, 0.3) is 0 Å². The Morgan fingerprint density at radius 1 is 1.35 bits per heavy atom. The number of nitrogens with two attached hydrogens (primary N) is 1. The second-order valence-corrected chi connectivity index (χ2v) is 3.86. The van der Waals surface area contributed by atoms with E-state index < -0.39 is 35.0 Å². The van der Waals surface area contributed by atoms with Gasteiger partial charge in [0.1, 0.15) is 11.4 Å². The van der Waals surface area contributed by atoms with Gasteiger partial charge in [-0.2, -0.15) is 22.0 Å². The molecule has 20 heavy (non-hydrogen) atoms. The van der Waals surface area contributed by atoms with Gasteiger partial charge in [-0.3, -0.25) is 0 Å². The molecule has 2 N–H and O–H groups in total.